The standard InChI is InChI=1S/C13H23N5/c1-10-9-12(17-13(16-10)18-14)15-8-7-11-5-3-2-4-6-11/h9,11H,2-8,14H2,1H3,(H2,15,16,17,18). The second-order valence-corrected chi connectivity index (χ2v) is 5.08. The summed E-state index contributed by atoms with van der Waals surface area (Å²) in [6.45, 7) is 2.92. The fourth-order valence-electron chi connectivity index (χ4n) is 2.60. The predicted octanol–water partition coefficient (Wildman–Crippen LogP) is 2.45. The molecule has 5 nitrogen and oxygen atoms in total. The summed E-state index contributed by atoms with van der Waals surface area (Å²) in [5, 5.41) is 3.36. The van der Waals surface area contributed by atoms with E-state index in [1.165, 1.54) is 38.5 Å². The molecule has 1 fully saturated rings. The van der Waals surface area contributed by atoms with Crippen molar-refractivity contribution in [3.8, 4) is 0 Å². The summed E-state index contributed by atoms with van der Waals surface area (Å²) in [5.41, 5.74) is 3.40. The molecule has 0 unspecified atom stereocenters. The molecule has 0 spiro atoms. The Hall–Kier alpha value is -1.36. The lowest BCUT2D eigenvalue weighted by Crippen LogP contribution is -2.15. The molecule has 4 N–H and O–H groups in total. The Morgan fingerprint density at radius 1 is 1.28 bits per heavy atom. The Balaban J connectivity index is 1.80. The molecule has 0 radical (unpaired) electrons. The van der Waals surface area contributed by atoms with Crippen molar-refractivity contribution in [2.75, 3.05) is 17.3 Å². The summed E-state index contributed by atoms with van der Waals surface area (Å²) in [7, 11) is 0. The number of nitrogens with one attached hydrogen (secondary N) is 2. The maximum absolute atomic E-state index is 5.33. The van der Waals surface area contributed by atoms with Gasteiger partial charge in [0, 0.05) is 18.3 Å². The number of nitrogens with zero attached hydrogens (tertiary/aromatic N) is 2. The molecule has 1 aliphatic carbocycles. The number of hydrazine groups is 1. The van der Waals surface area contributed by atoms with Crippen LogP contribution in [0.2, 0.25) is 0 Å². The average Bonchev–Trinajstić information content (AvgIpc) is 2.39. The summed E-state index contributed by atoms with van der Waals surface area (Å²) >= 11 is 0. The Bertz CT molecular complexity index is 374. The van der Waals surface area contributed by atoms with E-state index in [-0.39, 0.29) is 0 Å². The Morgan fingerprint density at radius 2 is 2.06 bits per heavy atom. The highest BCUT2D eigenvalue weighted by molar-refractivity contribution is 5.41. The number of aromatic nitrogens is 2. The minimum atomic E-state index is 0.468. The molecule has 0 amide bonds. The van der Waals surface area contributed by atoms with Crippen LogP contribution < -0.4 is 16.6 Å². The van der Waals surface area contributed by atoms with Gasteiger partial charge in [0.25, 0.3) is 0 Å². The van der Waals surface area contributed by atoms with E-state index in [1.807, 2.05) is 13.0 Å². The maximum Gasteiger partial charge on any atom is 0.239 e. The molecule has 5 heteroatoms. The number of nitrogen functional groups attached to an aromatic ring is 1. The van der Waals surface area contributed by atoms with Gasteiger partial charge >= 0.3 is 0 Å². The molecule has 100 valence electrons. The van der Waals surface area contributed by atoms with Crippen molar-refractivity contribution in [3.63, 3.8) is 0 Å². The second-order valence-electron chi connectivity index (χ2n) is 5.08. The molecule has 1 saturated carbocycles. The first-order chi connectivity index (χ1) is 8.78. The van der Waals surface area contributed by atoms with Crippen LogP contribution in [0.5, 0.6) is 0 Å². The number of anilines is 2. The van der Waals surface area contributed by atoms with E-state index in [9.17, 15) is 0 Å². The van der Waals surface area contributed by atoms with Crippen LogP contribution in [0.3, 0.4) is 0 Å². The lowest BCUT2D eigenvalue weighted by molar-refractivity contribution is 0.345. The second kappa shape index (κ2) is 6.54. The molecule has 18 heavy (non-hydrogen) atoms. The van der Waals surface area contributed by atoms with Crippen molar-refractivity contribution < 1.29 is 0 Å². The van der Waals surface area contributed by atoms with Gasteiger partial charge in [0.1, 0.15) is 5.82 Å². The first kappa shape index (κ1) is 13.1. The highest BCUT2D eigenvalue weighted by Gasteiger charge is 2.12. The van der Waals surface area contributed by atoms with Crippen molar-refractivity contribution >= 4 is 11.8 Å². The zero-order valence-corrected chi connectivity index (χ0v) is 11.1. The molecule has 0 bridgehead atoms. The Kier molecular flexibility index (Phi) is 4.75. The quantitative estimate of drug-likeness (QED) is 0.552. The van der Waals surface area contributed by atoms with E-state index < -0.39 is 0 Å². The van der Waals surface area contributed by atoms with E-state index >= 15 is 0 Å². The van der Waals surface area contributed by atoms with Gasteiger partial charge in [-0.1, -0.05) is 32.1 Å². The van der Waals surface area contributed by atoms with E-state index in [0.29, 0.717) is 5.95 Å². The Labute approximate surface area is 109 Å². The van der Waals surface area contributed by atoms with Gasteiger partial charge < -0.3 is 5.32 Å². The first-order valence-electron chi connectivity index (χ1n) is 6.84. The minimum absolute atomic E-state index is 0.468. The van der Waals surface area contributed by atoms with Crippen LogP contribution >= 0.6 is 0 Å². The molecule has 1 heterocycles. The van der Waals surface area contributed by atoms with Crippen molar-refractivity contribution in [3.05, 3.63) is 11.8 Å². The van der Waals surface area contributed by atoms with Crippen LogP contribution in [0.4, 0.5) is 11.8 Å². The summed E-state index contributed by atoms with van der Waals surface area (Å²) in [6, 6.07) is 1.95. The highest BCUT2D eigenvalue weighted by atomic mass is 15.3. The zero-order valence-electron chi connectivity index (χ0n) is 11.1. The molecule has 0 aromatic carbocycles. The molecule has 2 rings (SSSR count). The van der Waals surface area contributed by atoms with Crippen molar-refractivity contribution in [2.24, 2.45) is 11.8 Å². The van der Waals surface area contributed by atoms with Crippen LogP contribution in [0.1, 0.15) is 44.2 Å². The molecule has 1 aromatic rings. The van der Waals surface area contributed by atoms with Crippen LogP contribution in [0.25, 0.3) is 0 Å². The molecular weight excluding hydrogens is 226 g/mol. The lowest BCUT2D eigenvalue weighted by atomic mass is 9.87. The number of aryl methyl sites for hydroxylation is 1. The van der Waals surface area contributed by atoms with E-state index in [4.69, 9.17) is 5.84 Å². The number of rotatable bonds is 5. The number of hydrogen-bond acceptors (Lipinski definition) is 5. The van der Waals surface area contributed by atoms with Gasteiger partial charge in [-0.2, -0.15) is 4.98 Å². The van der Waals surface area contributed by atoms with Crippen LogP contribution in [-0.2, 0) is 0 Å². The molecule has 1 aromatic heterocycles. The van der Waals surface area contributed by atoms with Crippen molar-refractivity contribution in [1.29, 1.82) is 0 Å². The summed E-state index contributed by atoms with van der Waals surface area (Å²) in [5.74, 6) is 7.54. The third-order valence-corrected chi connectivity index (χ3v) is 3.57. The molecular formula is C13H23N5. The van der Waals surface area contributed by atoms with Gasteiger partial charge in [-0.3, -0.25) is 5.43 Å². The van der Waals surface area contributed by atoms with Crippen LogP contribution in [0, 0.1) is 12.8 Å². The fourth-order valence-corrected chi connectivity index (χ4v) is 2.60. The topological polar surface area (TPSA) is 75.9 Å². The molecule has 0 atom stereocenters. The van der Waals surface area contributed by atoms with E-state index in [1.54, 1.807) is 0 Å². The number of hydrogen-bond donors (Lipinski definition) is 3. The normalized spacial score (nSPS) is 16.6. The lowest BCUT2D eigenvalue weighted by Gasteiger charge is -2.21. The SMILES string of the molecule is Cc1cc(NCCC2CCCCC2)nc(NN)n1. The number of nitrogens with two attached hydrogens (primary N) is 1. The highest BCUT2D eigenvalue weighted by Crippen LogP contribution is 2.26. The predicted molar refractivity (Wildman–Crippen MR) is 74.3 cm³/mol. The third-order valence-electron chi connectivity index (χ3n) is 3.57. The van der Waals surface area contributed by atoms with Crippen LogP contribution in [0.15, 0.2) is 6.07 Å². The average molecular weight is 249 g/mol. The van der Waals surface area contributed by atoms with Gasteiger partial charge in [-0.05, 0) is 19.3 Å². The van der Waals surface area contributed by atoms with Crippen molar-refractivity contribution in [2.45, 2.75) is 45.4 Å². The molecule has 1 aliphatic rings. The first-order valence-corrected chi connectivity index (χ1v) is 6.84. The van der Waals surface area contributed by atoms with Gasteiger partial charge in [0.15, 0.2) is 0 Å². The van der Waals surface area contributed by atoms with E-state index in [0.717, 1.165) is 24.0 Å². The largest absolute Gasteiger partial charge is 0.370 e. The van der Waals surface area contributed by atoms with Crippen LogP contribution in [-0.4, -0.2) is 16.5 Å². The van der Waals surface area contributed by atoms with E-state index in [2.05, 4.69) is 20.7 Å². The summed E-state index contributed by atoms with van der Waals surface area (Å²) < 4.78 is 0. The van der Waals surface area contributed by atoms with Gasteiger partial charge in [0.2, 0.25) is 5.95 Å². The van der Waals surface area contributed by atoms with Gasteiger partial charge in [-0.15, -0.1) is 0 Å². The monoisotopic (exact) mass is 249 g/mol. The maximum atomic E-state index is 5.33. The summed E-state index contributed by atoms with van der Waals surface area (Å²) in [6.07, 6.45) is 8.23. The zero-order chi connectivity index (χ0) is 12.8. The van der Waals surface area contributed by atoms with Gasteiger partial charge in [0.05, 0.1) is 0 Å². The minimum Gasteiger partial charge on any atom is -0.370 e. The summed E-state index contributed by atoms with van der Waals surface area (Å²) in [4.78, 5) is 8.44. The third kappa shape index (κ3) is 3.84. The van der Waals surface area contributed by atoms with Crippen molar-refractivity contribution in [1.82, 2.24) is 9.97 Å². The smallest absolute Gasteiger partial charge is 0.239 e. The fraction of sp³-hybridized carbons (Fsp3) is 0.692. The molecule has 0 saturated heterocycles. The Morgan fingerprint density at radius 3 is 2.78 bits per heavy atom. The van der Waals surface area contributed by atoms with Gasteiger partial charge in [-0.25, -0.2) is 10.8 Å². The molecule has 0 aliphatic heterocycles.